The lowest BCUT2D eigenvalue weighted by Gasteiger charge is -2.38. The largest absolute Gasteiger partial charge is 0.457 e. The van der Waals surface area contributed by atoms with Crippen molar-refractivity contribution in [1.82, 2.24) is 14.9 Å². The predicted molar refractivity (Wildman–Crippen MR) is 299 cm³/mol. The summed E-state index contributed by atoms with van der Waals surface area (Å²) in [5.41, 5.74) is 2.24. The molecule has 0 aliphatic carbocycles. The summed E-state index contributed by atoms with van der Waals surface area (Å²) in [5, 5.41) is 7.05. The minimum absolute atomic E-state index is 0.0167. The average molecular weight is 1070 g/mol. The number of ether oxygens (including phenoxy) is 2. The number of carbonyl (C=O) groups is 6. The Morgan fingerprint density at radius 1 is 0.408 bits per heavy atom. The van der Waals surface area contributed by atoms with Gasteiger partial charge in [0, 0.05) is 54.5 Å². The van der Waals surface area contributed by atoms with Crippen molar-refractivity contribution in [1.29, 1.82) is 0 Å². The van der Waals surface area contributed by atoms with E-state index in [1.54, 1.807) is 12.1 Å². The van der Waals surface area contributed by atoms with Crippen molar-refractivity contribution in [3.8, 4) is 23.0 Å². The molecule has 0 atom stereocenters. The minimum Gasteiger partial charge on any atom is -0.457 e. The number of carbonyl (C=O) groups excluding carboxylic acids is 6. The molecule has 12 heteroatoms. The third kappa shape index (κ3) is 7.50. The highest BCUT2D eigenvalue weighted by atomic mass is 79.9. The van der Waals surface area contributed by atoms with E-state index >= 15 is 19.2 Å². The van der Waals surface area contributed by atoms with Crippen LogP contribution in [0.15, 0.2) is 120 Å². The lowest BCUT2D eigenvalue weighted by Crippen LogP contribution is -2.58. The zero-order valence-electron chi connectivity index (χ0n) is 43.4. The summed E-state index contributed by atoms with van der Waals surface area (Å²) >= 11 is 3.81. The zero-order chi connectivity index (χ0) is 53.3. The second-order valence-corrected chi connectivity index (χ2v) is 23.2. The number of nitrogens with zero attached hydrogens (tertiary/aromatic N) is 3. The molecule has 11 nitrogen and oxygen atoms in total. The molecule has 3 aliphatic heterocycles. The Kier molecular flexibility index (Phi) is 11.5. The van der Waals surface area contributed by atoms with E-state index in [0.29, 0.717) is 61.0 Å². The van der Waals surface area contributed by atoms with Crippen molar-refractivity contribution < 1.29 is 38.2 Å². The van der Waals surface area contributed by atoms with Crippen LogP contribution in [0.5, 0.6) is 23.0 Å². The van der Waals surface area contributed by atoms with Gasteiger partial charge in [-0.25, -0.2) is 0 Å². The highest BCUT2D eigenvalue weighted by Crippen LogP contribution is 2.53. The molecule has 6 amide bonds. The van der Waals surface area contributed by atoms with Gasteiger partial charge in [-0.15, -0.1) is 0 Å². The molecule has 0 N–H and O–H groups in total. The summed E-state index contributed by atoms with van der Waals surface area (Å²) in [6, 6.07) is 34.6. The summed E-state index contributed by atoms with van der Waals surface area (Å²) < 4.78 is 14.7. The number of amides is 6. The molecule has 0 bridgehead atoms. The standard InChI is InChI=1S/C64H54BrN3O8/c1-8-9-10-11-12-13-31-66-57(69)41-25-27-43-52-44(28-26-42(51(41)52)58(66)70)60(72)67(59(43)71)68-61(73)45-32-48(75-36-21-17-34(18-22-36)63(2,3)4)54-39-16-14-15-38-47(65)30-29-40(50(38)39)55-49(33-46(62(68)74)53(45)56(54)55)76-37-23-19-35(20-24-37)64(5,6)7/h14-30,32-33H,8-13,31H2,1-7H3. The van der Waals surface area contributed by atoms with Crippen molar-refractivity contribution in [3.63, 3.8) is 0 Å². The third-order valence-corrected chi connectivity index (χ3v) is 16.2. The van der Waals surface area contributed by atoms with E-state index in [-0.39, 0.29) is 61.5 Å². The van der Waals surface area contributed by atoms with Gasteiger partial charge in [0.05, 0.1) is 22.3 Å². The molecule has 0 saturated carbocycles. The average Bonchev–Trinajstić information content (AvgIpc) is 3.60. The van der Waals surface area contributed by atoms with Gasteiger partial charge in [0.2, 0.25) is 0 Å². The molecular weight excluding hydrogens is 1020 g/mol. The molecular formula is C64H54BrN3O8. The fraction of sp³-hybridized carbons (Fsp3) is 0.250. The molecule has 0 saturated heterocycles. The smallest absolute Gasteiger partial charge is 0.281 e. The molecule has 3 aliphatic rings. The third-order valence-electron chi connectivity index (χ3n) is 15.5. The molecule has 9 aromatic carbocycles. The van der Waals surface area contributed by atoms with Crippen LogP contribution in [-0.2, 0) is 10.8 Å². The van der Waals surface area contributed by atoms with Crippen molar-refractivity contribution in [3.05, 3.63) is 164 Å². The Bertz CT molecular complexity index is 3830. The van der Waals surface area contributed by atoms with Crippen LogP contribution in [0.1, 0.15) is 160 Å². The number of rotatable bonds is 12. The number of halogens is 1. The lowest BCUT2D eigenvalue weighted by molar-refractivity contribution is 0.00210. The fourth-order valence-corrected chi connectivity index (χ4v) is 12.0. The van der Waals surface area contributed by atoms with Gasteiger partial charge in [0.25, 0.3) is 35.4 Å². The van der Waals surface area contributed by atoms with Gasteiger partial charge >= 0.3 is 0 Å². The molecule has 380 valence electrons. The van der Waals surface area contributed by atoms with Crippen molar-refractivity contribution in [2.75, 3.05) is 6.54 Å². The molecule has 0 spiro atoms. The van der Waals surface area contributed by atoms with E-state index in [9.17, 15) is 9.59 Å². The molecule has 3 heterocycles. The number of hydrogen-bond acceptors (Lipinski definition) is 8. The lowest BCUT2D eigenvalue weighted by atomic mass is 9.83. The Hall–Kier alpha value is -7.96. The first kappa shape index (κ1) is 48.9. The summed E-state index contributed by atoms with van der Waals surface area (Å²) in [4.78, 5) is 91.0. The van der Waals surface area contributed by atoms with Gasteiger partial charge in [-0.05, 0) is 117 Å². The Morgan fingerprint density at radius 3 is 1.29 bits per heavy atom. The van der Waals surface area contributed by atoms with E-state index in [2.05, 4.69) is 64.4 Å². The molecule has 0 radical (unpaired) electrons. The molecule has 76 heavy (non-hydrogen) atoms. The van der Waals surface area contributed by atoms with Gasteiger partial charge in [-0.2, -0.15) is 10.0 Å². The number of imide groups is 3. The first-order chi connectivity index (χ1) is 36.4. The van der Waals surface area contributed by atoms with E-state index in [1.807, 2.05) is 78.9 Å². The van der Waals surface area contributed by atoms with Crippen LogP contribution in [0.4, 0.5) is 0 Å². The number of unbranched alkanes of at least 4 members (excludes halogenated alkanes) is 5. The zero-order valence-corrected chi connectivity index (χ0v) is 45.0. The Morgan fingerprint density at radius 2 is 0.816 bits per heavy atom. The van der Waals surface area contributed by atoms with Crippen molar-refractivity contribution >= 4 is 105 Å². The van der Waals surface area contributed by atoms with Crippen molar-refractivity contribution in [2.45, 2.75) is 97.8 Å². The van der Waals surface area contributed by atoms with Crippen LogP contribution in [0.2, 0.25) is 0 Å². The van der Waals surface area contributed by atoms with Gasteiger partial charge in [-0.3, -0.25) is 33.7 Å². The van der Waals surface area contributed by atoms with Gasteiger partial charge in [-0.1, -0.05) is 145 Å². The molecule has 0 fully saturated rings. The highest BCUT2D eigenvalue weighted by molar-refractivity contribution is 9.10. The summed E-state index contributed by atoms with van der Waals surface area (Å²) in [6.07, 6.45) is 5.83. The van der Waals surface area contributed by atoms with Gasteiger partial charge < -0.3 is 9.47 Å². The van der Waals surface area contributed by atoms with Crippen LogP contribution in [0, 0.1) is 0 Å². The number of fused-ring (bicyclic) bond motifs is 2. The monoisotopic (exact) mass is 1070 g/mol. The van der Waals surface area contributed by atoms with Gasteiger partial charge in [0.1, 0.15) is 23.0 Å². The summed E-state index contributed by atoms with van der Waals surface area (Å²) in [7, 11) is 0. The van der Waals surface area contributed by atoms with Crippen molar-refractivity contribution in [2.24, 2.45) is 0 Å². The normalized spacial score (nSPS) is 14.8. The highest BCUT2D eigenvalue weighted by Gasteiger charge is 2.48. The topological polar surface area (TPSA) is 131 Å². The molecule has 9 aromatic rings. The van der Waals surface area contributed by atoms with E-state index in [4.69, 9.17) is 9.47 Å². The van der Waals surface area contributed by atoms with Crippen LogP contribution in [-0.4, -0.2) is 56.9 Å². The quantitative estimate of drug-likeness (QED) is 0.0512. The number of hydrogen-bond donors (Lipinski definition) is 0. The Balaban J connectivity index is 1.04. The van der Waals surface area contributed by atoms with E-state index in [0.717, 1.165) is 69.2 Å². The fourth-order valence-electron chi connectivity index (χ4n) is 11.6. The predicted octanol–water partition coefficient (Wildman–Crippen LogP) is 15.6. The summed E-state index contributed by atoms with van der Waals surface area (Å²) in [5.74, 6) is -3.23. The molecule has 0 aromatic heterocycles. The van der Waals surface area contributed by atoms with Crippen LogP contribution in [0.3, 0.4) is 0 Å². The minimum atomic E-state index is -0.969. The molecule has 0 unspecified atom stereocenters. The number of benzene rings is 9. The first-order valence-electron chi connectivity index (χ1n) is 26.1. The second kappa shape index (κ2) is 17.8. The first-order valence-corrected chi connectivity index (χ1v) is 26.9. The Labute approximate surface area is 447 Å². The van der Waals surface area contributed by atoms with Gasteiger partial charge in [0.15, 0.2) is 0 Å². The SMILES string of the molecule is CCCCCCCCN1C(=O)c2ccc3c4c(ccc(c24)C1=O)C(=O)N(N1C(=O)c2cc(Oc4ccc(C(C)(C)C)cc4)c4c5cccc6c(Br)ccc(c7c(Oc8ccc(C(C)(C)C)cc8)cc(c2c47)C1=O)c65)C3=O. The molecule has 12 rings (SSSR count). The maximum atomic E-state index is 15.6. The van der Waals surface area contributed by atoms with Crippen LogP contribution >= 0.6 is 15.9 Å². The van der Waals surface area contributed by atoms with E-state index in [1.165, 1.54) is 29.2 Å². The second-order valence-electron chi connectivity index (χ2n) is 22.4. The maximum Gasteiger partial charge on any atom is 0.281 e. The van der Waals surface area contributed by atoms with Crippen LogP contribution in [0.25, 0.3) is 53.9 Å². The summed E-state index contributed by atoms with van der Waals surface area (Å²) in [6.45, 7) is 15.2. The maximum absolute atomic E-state index is 15.6. The number of hydrazine groups is 1. The van der Waals surface area contributed by atoms with E-state index < -0.39 is 35.4 Å². The van der Waals surface area contributed by atoms with Crippen LogP contribution < -0.4 is 9.47 Å².